The predicted octanol–water partition coefficient (Wildman–Crippen LogP) is -0.374. The molecule has 0 saturated heterocycles. The van der Waals surface area contributed by atoms with E-state index in [1.54, 1.807) is 12.7 Å². The lowest BCUT2D eigenvalue weighted by molar-refractivity contribution is 0.485. The highest BCUT2D eigenvalue weighted by Crippen LogP contribution is 2.09. The number of fused-ring (bicyclic) bond motifs is 1. The Kier molecular flexibility index (Phi) is 1.99. The first-order valence-electron chi connectivity index (χ1n) is 5.00. The third kappa shape index (κ3) is 1.52. The van der Waals surface area contributed by atoms with Crippen LogP contribution >= 0.6 is 0 Å². The lowest BCUT2D eigenvalue weighted by atomic mass is 10.4. The van der Waals surface area contributed by atoms with Crippen LogP contribution in [-0.4, -0.2) is 30.9 Å². The monoisotopic (exact) mass is 204 g/mol. The van der Waals surface area contributed by atoms with E-state index in [9.17, 15) is 0 Å². The van der Waals surface area contributed by atoms with E-state index in [-0.39, 0.29) is 0 Å². The van der Waals surface area contributed by atoms with Gasteiger partial charge in [0.1, 0.15) is 18.5 Å². The lowest BCUT2D eigenvalue weighted by Crippen LogP contribution is -2.29. The van der Waals surface area contributed by atoms with Crippen molar-refractivity contribution in [1.82, 2.24) is 29.6 Å². The van der Waals surface area contributed by atoms with Gasteiger partial charge in [-0.25, -0.2) is 14.6 Å². The molecule has 0 bridgehead atoms. The van der Waals surface area contributed by atoms with Crippen LogP contribution in [0, 0.1) is 0 Å². The summed E-state index contributed by atoms with van der Waals surface area (Å²) in [4.78, 5) is 8.30. The zero-order chi connectivity index (χ0) is 10.1. The molecule has 3 heterocycles. The van der Waals surface area contributed by atoms with Crippen molar-refractivity contribution in [3.8, 4) is 0 Å². The van der Waals surface area contributed by atoms with Gasteiger partial charge in [0.2, 0.25) is 0 Å². The van der Waals surface area contributed by atoms with Crippen LogP contribution < -0.4 is 5.32 Å². The van der Waals surface area contributed by atoms with Crippen LogP contribution in [0.5, 0.6) is 0 Å². The lowest BCUT2D eigenvalue weighted by Gasteiger charge is -2.17. The minimum absolute atomic E-state index is 0.743. The van der Waals surface area contributed by atoms with Gasteiger partial charge in [-0.3, -0.25) is 0 Å². The average Bonchev–Trinajstić information content (AvgIpc) is 2.89. The Labute approximate surface area is 87.0 Å². The third-order valence-electron chi connectivity index (χ3n) is 2.61. The van der Waals surface area contributed by atoms with E-state index in [2.05, 4.69) is 25.0 Å². The van der Waals surface area contributed by atoms with Crippen LogP contribution in [0.3, 0.4) is 0 Å². The normalized spacial score (nSPS) is 15.2. The van der Waals surface area contributed by atoms with Crippen molar-refractivity contribution in [1.29, 1.82) is 0 Å². The van der Waals surface area contributed by atoms with Crippen LogP contribution in [0.1, 0.15) is 11.5 Å². The number of hydrogen-bond acceptors (Lipinski definition) is 4. The number of nitrogens with one attached hydrogen (secondary N) is 1. The Balaban J connectivity index is 1.89. The molecule has 0 spiro atoms. The van der Waals surface area contributed by atoms with Crippen molar-refractivity contribution in [2.75, 3.05) is 6.54 Å². The smallest absolute Gasteiger partial charge is 0.137 e. The van der Waals surface area contributed by atoms with E-state index in [4.69, 9.17) is 0 Å². The molecule has 6 heteroatoms. The molecule has 78 valence electrons. The molecule has 0 unspecified atom stereocenters. The molecule has 2 aromatic rings. The van der Waals surface area contributed by atoms with Crippen molar-refractivity contribution in [3.05, 3.63) is 30.4 Å². The molecule has 0 atom stereocenters. The average molecular weight is 204 g/mol. The van der Waals surface area contributed by atoms with Crippen LogP contribution in [0.4, 0.5) is 0 Å². The molecule has 0 fully saturated rings. The predicted molar refractivity (Wildman–Crippen MR) is 53.1 cm³/mol. The Bertz CT molecular complexity index is 443. The van der Waals surface area contributed by atoms with Gasteiger partial charge in [-0.05, 0) is 0 Å². The molecule has 0 amide bonds. The second kappa shape index (κ2) is 3.47. The molecule has 1 N–H and O–H groups in total. The van der Waals surface area contributed by atoms with E-state index in [0.29, 0.717) is 0 Å². The molecular weight excluding hydrogens is 192 g/mol. The molecule has 0 aliphatic carbocycles. The van der Waals surface area contributed by atoms with Gasteiger partial charge >= 0.3 is 0 Å². The summed E-state index contributed by atoms with van der Waals surface area (Å²) in [5.41, 5.74) is 1.19. The molecular formula is C9H12N6. The van der Waals surface area contributed by atoms with Crippen molar-refractivity contribution in [3.63, 3.8) is 0 Å². The standard InChI is InChI=1S/C9H12N6/c1-2-15-8(3-12-9(15)4-10-1)5-14-7-11-6-13-14/h3,6-7,10H,1-2,4-5H2. The Morgan fingerprint density at radius 2 is 2.47 bits per heavy atom. The summed E-state index contributed by atoms with van der Waals surface area (Å²) in [5, 5.41) is 7.38. The number of aromatic nitrogens is 5. The first kappa shape index (κ1) is 8.60. The number of rotatable bonds is 2. The zero-order valence-corrected chi connectivity index (χ0v) is 8.30. The second-order valence-electron chi connectivity index (χ2n) is 3.59. The molecule has 0 radical (unpaired) electrons. The molecule has 1 aliphatic heterocycles. The van der Waals surface area contributed by atoms with Gasteiger partial charge in [-0.15, -0.1) is 0 Å². The van der Waals surface area contributed by atoms with Gasteiger partial charge in [0.25, 0.3) is 0 Å². The summed E-state index contributed by atoms with van der Waals surface area (Å²) >= 11 is 0. The maximum atomic E-state index is 4.38. The number of hydrogen-bond donors (Lipinski definition) is 1. The summed E-state index contributed by atoms with van der Waals surface area (Å²) in [6, 6.07) is 0. The van der Waals surface area contributed by atoms with E-state index >= 15 is 0 Å². The summed E-state index contributed by atoms with van der Waals surface area (Å²) in [5.74, 6) is 1.11. The van der Waals surface area contributed by atoms with E-state index in [0.717, 1.165) is 32.0 Å². The van der Waals surface area contributed by atoms with Gasteiger partial charge in [-0.1, -0.05) is 0 Å². The number of imidazole rings is 1. The van der Waals surface area contributed by atoms with E-state index in [1.165, 1.54) is 5.69 Å². The van der Waals surface area contributed by atoms with E-state index in [1.807, 2.05) is 10.9 Å². The maximum absolute atomic E-state index is 4.38. The van der Waals surface area contributed by atoms with Crippen LogP contribution in [0.2, 0.25) is 0 Å². The minimum atomic E-state index is 0.743. The number of nitrogens with zero attached hydrogens (tertiary/aromatic N) is 5. The molecule has 1 aliphatic rings. The molecule has 2 aromatic heterocycles. The second-order valence-corrected chi connectivity index (χ2v) is 3.59. The van der Waals surface area contributed by atoms with Crippen molar-refractivity contribution in [2.45, 2.75) is 19.6 Å². The Morgan fingerprint density at radius 3 is 3.33 bits per heavy atom. The summed E-state index contributed by atoms with van der Waals surface area (Å²) in [6.07, 6.45) is 5.19. The fourth-order valence-corrected chi connectivity index (χ4v) is 1.87. The van der Waals surface area contributed by atoms with Gasteiger partial charge in [0.15, 0.2) is 0 Å². The van der Waals surface area contributed by atoms with Gasteiger partial charge < -0.3 is 9.88 Å². The summed E-state index contributed by atoms with van der Waals surface area (Å²) in [6.45, 7) is 3.59. The van der Waals surface area contributed by atoms with E-state index < -0.39 is 0 Å². The van der Waals surface area contributed by atoms with Gasteiger partial charge in [0, 0.05) is 13.1 Å². The van der Waals surface area contributed by atoms with Crippen LogP contribution in [0.15, 0.2) is 18.9 Å². The Morgan fingerprint density at radius 1 is 1.47 bits per heavy atom. The molecule has 3 rings (SSSR count). The Hall–Kier alpha value is -1.69. The topological polar surface area (TPSA) is 60.6 Å². The first-order valence-corrected chi connectivity index (χ1v) is 5.00. The molecule has 0 saturated carbocycles. The highest BCUT2D eigenvalue weighted by Gasteiger charge is 2.13. The fourth-order valence-electron chi connectivity index (χ4n) is 1.87. The van der Waals surface area contributed by atoms with Gasteiger partial charge in [-0.2, -0.15) is 5.10 Å². The highest BCUT2D eigenvalue weighted by atomic mass is 15.3. The maximum Gasteiger partial charge on any atom is 0.137 e. The van der Waals surface area contributed by atoms with Crippen molar-refractivity contribution in [2.24, 2.45) is 0 Å². The summed E-state index contributed by atoms with van der Waals surface area (Å²) in [7, 11) is 0. The third-order valence-corrected chi connectivity index (χ3v) is 2.61. The first-order chi connectivity index (χ1) is 7.43. The quantitative estimate of drug-likeness (QED) is 0.724. The molecule has 0 aromatic carbocycles. The molecule has 6 nitrogen and oxygen atoms in total. The SMILES string of the molecule is c1ncn(Cc2cnc3n2CCNC3)n1. The summed E-state index contributed by atoms with van der Waals surface area (Å²) < 4.78 is 4.06. The van der Waals surface area contributed by atoms with Crippen LogP contribution in [-0.2, 0) is 19.6 Å². The minimum Gasteiger partial charge on any atom is -0.328 e. The largest absolute Gasteiger partial charge is 0.328 e. The fraction of sp³-hybridized carbons (Fsp3) is 0.444. The van der Waals surface area contributed by atoms with Crippen molar-refractivity contribution >= 4 is 0 Å². The zero-order valence-electron chi connectivity index (χ0n) is 8.30. The molecule has 15 heavy (non-hydrogen) atoms. The van der Waals surface area contributed by atoms with Crippen molar-refractivity contribution < 1.29 is 0 Å². The van der Waals surface area contributed by atoms with Gasteiger partial charge in [0.05, 0.1) is 25.0 Å². The van der Waals surface area contributed by atoms with Crippen LogP contribution in [0.25, 0.3) is 0 Å². The highest BCUT2D eigenvalue weighted by molar-refractivity contribution is 5.07.